The third-order valence-electron chi connectivity index (χ3n) is 5.00. The molecule has 1 atom stereocenters. The summed E-state index contributed by atoms with van der Waals surface area (Å²) in [5.74, 6) is 0.213. The fraction of sp³-hybridized carbons (Fsp3) is 0.350. The van der Waals surface area contributed by atoms with Gasteiger partial charge in [-0.05, 0) is 68.0 Å². The van der Waals surface area contributed by atoms with Crippen molar-refractivity contribution in [3.63, 3.8) is 0 Å². The van der Waals surface area contributed by atoms with Gasteiger partial charge in [0.25, 0.3) is 5.91 Å². The first-order valence-electron chi connectivity index (χ1n) is 8.83. The summed E-state index contributed by atoms with van der Waals surface area (Å²) in [4.78, 5) is 21.3. The van der Waals surface area contributed by atoms with Crippen molar-refractivity contribution in [1.82, 2.24) is 15.3 Å². The van der Waals surface area contributed by atoms with Crippen LogP contribution < -0.4 is 5.32 Å². The van der Waals surface area contributed by atoms with Crippen LogP contribution in [0, 0.1) is 12.8 Å². The van der Waals surface area contributed by atoms with Gasteiger partial charge in [-0.15, -0.1) is 11.3 Å². The van der Waals surface area contributed by atoms with Crippen molar-refractivity contribution in [2.75, 3.05) is 0 Å². The number of aliphatic hydroxyl groups excluding tert-OH is 1. The number of aromatic nitrogens is 2. The van der Waals surface area contributed by atoms with Gasteiger partial charge in [-0.2, -0.15) is 0 Å². The van der Waals surface area contributed by atoms with E-state index in [9.17, 15) is 9.90 Å². The Morgan fingerprint density at radius 1 is 1.31 bits per heavy atom. The molecule has 1 fully saturated rings. The Hall–Kier alpha value is -2.31. The van der Waals surface area contributed by atoms with E-state index in [0.717, 1.165) is 40.1 Å². The minimum absolute atomic E-state index is 0.00108. The van der Waals surface area contributed by atoms with Gasteiger partial charge >= 0.3 is 0 Å². The predicted octanol–water partition coefficient (Wildman–Crippen LogP) is 3.11. The monoisotopic (exact) mass is 367 g/mol. The number of hydrogen-bond acceptors (Lipinski definition) is 5. The molecule has 3 aromatic rings. The van der Waals surface area contributed by atoms with Crippen LogP contribution in [0.3, 0.4) is 0 Å². The third-order valence-corrected chi connectivity index (χ3v) is 5.95. The van der Waals surface area contributed by atoms with Crippen molar-refractivity contribution < 1.29 is 9.90 Å². The molecule has 2 aromatic heterocycles. The quantitative estimate of drug-likeness (QED) is 0.727. The Labute approximate surface area is 156 Å². The average molecular weight is 367 g/mol. The first-order chi connectivity index (χ1) is 12.6. The molecule has 26 heavy (non-hydrogen) atoms. The van der Waals surface area contributed by atoms with Gasteiger partial charge in [0.05, 0.1) is 21.3 Å². The van der Waals surface area contributed by atoms with E-state index in [2.05, 4.69) is 15.3 Å². The number of rotatable bonds is 5. The Morgan fingerprint density at radius 2 is 2.08 bits per heavy atom. The van der Waals surface area contributed by atoms with Gasteiger partial charge in [0.1, 0.15) is 0 Å². The van der Waals surface area contributed by atoms with Crippen LogP contribution >= 0.6 is 11.3 Å². The summed E-state index contributed by atoms with van der Waals surface area (Å²) in [7, 11) is 0. The summed E-state index contributed by atoms with van der Waals surface area (Å²) in [5.41, 5.74) is 2.63. The predicted molar refractivity (Wildman–Crippen MR) is 102 cm³/mol. The maximum atomic E-state index is 12.8. The zero-order valence-corrected chi connectivity index (χ0v) is 15.4. The number of nitrogens with zero attached hydrogens (tertiary/aromatic N) is 2. The van der Waals surface area contributed by atoms with Gasteiger partial charge in [0.2, 0.25) is 0 Å². The molecule has 0 unspecified atom stereocenters. The minimum Gasteiger partial charge on any atom is -0.393 e. The van der Waals surface area contributed by atoms with Crippen LogP contribution in [0.1, 0.15) is 33.8 Å². The number of nitrogens with one attached hydrogen (secondary N) is 1. The van der Waals surface area contributed by atoms with Crippen molar-refractivity contribution in [1.29, 1.82) is 0 Å². The molecule has 5 nitrogen and oxygen atoms in total. The Balaban J connectivity index is 1.52. The first kappa shape index (κ1) is 17.1. The van der Waals surface area contributed by atoms with Crippen LogP contribution in [0.15, 0.2) is 42.7 Å². The largest absolute Gasteiger partial charge is 0.393 e. The van der Waals surface area contributed by atoms with Gasteiger partial charge in [-0.25, -0.2) is 4.98 Å². The molecule has 1 aromatic carbocycles. The van der Waals surface area contributed by atoms with Gasteiger partial charge in [-0.3, -0.25) is 9.78 Å². The Kier molecular flexibility index (Phi) is 4.70. The summed E-state index contributed by atoms with van der Waals surface area (Å²) < 4.78 is 1.09. The van der Waals surface area contributed by atoms with E-state index < -0.39 is 0 Å². The average Bonchev–Trinajstić information content (AvgIpc) is 2.98. The Morgan fingerprint density at radius 3 is 2.81 bits per heavy atom. The van der Waals surface area contributed by atoms with Gasteiger partial charge in [0.15, 0.2) is 0 Å². The van der Waals surface area contributed by atoms with Gasteiger partial charge < -0.3 is 10.4 Å². The van der Waals surface area contributed by atoms with E-state index in [4.69, 9.17) is 0 Å². The number of thiazole rings is 1. The number of aryl methyl sites for hydroxylation is 1. The summed E-state index contributed by atoms with van der Waals surface area (Å²) in [6, 6.07) is 9.61. The molecule has 0 radical (unpaired) electrons. The summed E-state index contributed by atoms with van der Waals surface area (Å²) in [6.45, 7) is 1.97. The van der Waals surface area contributed by atoms with Crippen LogP contribution in [0.2, 0.25) is 0 Å². The van der Waals surface area contributed by atoms with Crippen LogP contribution in [0.5, 0.6) is 0 Å². The fourth-order valence-corrected chi connectivity index (χ4v) is 4.31. The number of hydrogen-bond donors (Lipinski definition) is 2. The summed E-state index contributed by atoms with van der Waals surface area (Å²) in [5, 5.41) is 13.9. The molecule has 4 rings (SSSR count). The highest BCUT2D eigenvalue weighted by molar-refractivity contribution is 7.18. The standard InChI is InChI=1S/C20H21N3O2S/c1-12-22-18-11-14(2-3-19(18)26-12)20(25)23-17(15-9-16(24)10-15)8-13-4-6-21-7-5-13/h2-7,11,15-17,24H,8-10H2,1H3,(H,23,25)/t15?,16?,17-/m1/s1. The van der Waals surface area contributed by atoms with Crippen LogP contribution in [0.4, 0.5) is 0 Å². The van der Waals surface area contributed by atoms with Crippen molar-refractivity contribution >= 4 is 27.5 Å². The van der Waals surface area contributed by atoms with Crippen molar-refractivity contribution in [3.05, 3.63) is 58.9 Å². The number of aliphatic hydroxyl groups is 1. The highest BCUT2D eigenvalue weighted by Crippen LogP contribution is 2.32. The normalized spacial score (nSPS) is 20.5. The highest BCUT2D eigenvalue weighted by atomic mass is 32.1. The fourth-order valence-electron chi connectivity index (χ4n) is 3.50. The lowest BCUT2D eigenvalue weighted by Gasteiger charge is -2.38. The van der Waals surface area contributed by atoms with E-state index in [-0.39, 0.29) is 18.1 Å². The molecule has 0 aliphatic heterocycles. The second kappa shape index (κ2) is 7.13. The minimum atomic E-state index is -0.244. The van der Waals surface area contributed by atoms with E-state index in [1.54, 1.807) is 23.7 Å². The zero-order chi connectivity index (χ0) is 18.1. The molecule has 0 bridgehead atoms. The first-order valence-corrected chi connectivity index (χ1v) is 9.65. The van der Waals surface area contributed by atoms with Gasteiger partial charge in [0, 0.05) is 24.0 Å². The zero-order valence-electron chi connectivity index (χ0n) is 14.6. The molecule has 0 spiro atoms. The number of carbonyl (C=O) groups excluding carboxylic acids is 1. The molecule has 1 saturated carbocycles. The van der Waals surface area contributed by atoms with E-state index in [0.29, 0.717) is 11.5 Å². The highest BCUT2D eigenvalue weighted by Gasteiger charge is 2.35. The molecular formula is C20H21N3O2S. The van der Waals surface area contributed by atoms with Crippen LogP contribution in [0.25, 0.3) is 10.2 Å². The van der Waals surface area contributed by atoms with E-state index in [1.165, 1.54) is 0 Å². The molecule has 1 aliphatic carbocycles. The van der Waals surface area contributed by atoms with E-state index >= 15 is 0 Å². The van der Waals surface area contributed by atoms with Crippen molar-refractivity contribution in [2.45, 2.75) is 38.3 Å². The number of amides is 1. The number of pyridine rings is 1. The number of benzene rings is 1. The number of carbonyl (C=O) groups is 1. The van der Waals surface area contributed by atoms with Crippen LogP contribution in [-0.2, 0) is 6.42 Å². The third kappa shape index (κ3) is 3.61. The molecule has 2 N–H and O–H groups in total. The maximum absolute atomic E-state index is 12.8. The topological polar surface area (TPSA) is 75.1 Å². The van der Waals surface area contributed by atoms with Gasteiger partial charge in [-0.1, -0.05) is 0 Å². The van der Waals surface area contributed by atoms with E-state index in [1.807, 2.05) is 37.3 Å². The smallest absolute Gasteiger partial charge is 0.251 e. The summed E-state index contributed by atoms with van der Waals surface area (Å²) in [6.07, 6.45) is 5.50. The van der Waals surface area contributed by atoms with Crippen molar-refractivity contribution in [3.8, 4) is 0 Å². The lowest BCUT2D eigenvalue weighted by molar-refractivity contribution is 0.0239. The molecule has 1 amide bonds. The van der Waals surface area contributed by atoms with Crippen molar-refractivity contribution in [2.24, 2.45) is 5.92 Å². The molecule has 6 heteroatoms. The second-order valence-corrected chi connectivity index (χ2v) is 8.18. The summed E-state index contributed by atoms with van der Waals surface area (Å²) >= 11 is 1.63. The maximum Gasteiger partial charge on any atom is 0.251 e. The number of fused-ring (bicyclic) bond motifs is 1. The SMILES string of the molecule is Cc1nc2cc(C(=O)N[C@H](Cc3ccncc3)C3CC(O)C3)ccc2s1. The molecule has 2 heterocycles. The lowest BCUT2D eigenvalue weighted by Crippen LogP contribution is -2.48. The van der Waals surface area contributed by atoms with Crippen LogP contribution in [-0.4, -0.2) is 33.1 Å². The molecule has 0 saturated heterocycles. The molecule has 134 valence electrons. The Bertz CT molecular complexity index is 919. The molecule has 1 aliphatic rings. The molecular weight excluding hydrogens is 346 g/mol. The second-order valence-electron chi connectivity index (χ2n) is 6.94. The lowest BCUT2D eigenvalue weighted by atomic mass is 9.75.